The fourth-order valence-corrected chi connectivity index (χ4v) is 4.09. The van der Waals surface area contributed by atoms with E-state index in [1.807, 2.05) is 24.3 Å². The summed E-state index contributed by atoms with van der Waals surface area (Å²) in [6.45, 7) is 3.88. The van der Waals surface area contributed by atoms with Crippen LogP contribution < -0.4 is 4.74 Å². The van der Waals surface area contributed by atoms with Crippen molar-refractivity contribution in [2.24, 2.45) is 0 Å². The number of hydrogen-bond acceptors (Lipinski definition) is 3. The quantitative estimate of drug-likeness (QED) is 0.654. The number of aryl methyl sites for hydroxylation is 1. The SMILES string of the molecule is O=C(O)CCc1ccc(OCc2ccc(CCN3CC4=C(CCC=C4)C3)cc2)cc1. The Morgan fingerprint density at radius 1 is 0.933 bits per heavy atom. The number of carboxylic acid groups (broad SMARTS) is 1. The monoisotopic (exact) mass is 403 g/mol. The minimum Gasteiger partial charge on any atom is -0.489 e. The Morgan fingerprint density at radius 2 is 1.63 bits per heavy atom. The van der Waals surface area contributed by atoms with Crippen molar-refractivity contribution in [2.75, 3.05) is 19.6 Å². The normalized spacial score (nSPS) is 16.0. The van der Waals surface area contributed by atoms with Crippen LogP contribution in [0.15, 0.2) is 71.8 Å². The van der Waals surface area contributed by atoms with Gasteiger partial charge in [-0.05, 0) is 60.1 Å². The van der Waals surface area contributed by atoms with E-state index < -0.39 is 5.97 Å². The standard InChI is InChI=1S/C26H29NO3/c28-26(29)14-11-20-9-12-25(13-10-20)30-19-22-7-5-21(6-8-22)15-16-27-17-23-3-1-2-4-24(23)18-27/h1,3,5-10,12-13H,2,4,11,14-19H2,(H,28,29). The second-order valence-electron chi connectivity index (χ2n) is 8.17. The summed E-state index contributed by atoms with van der Waals surface area (Å²) in [4.78, 5) is 13.2. The molecule has 4 nitrogen and oxygen atoms in total. The van der Waals surface area contributed by atoms with Gasteiger partial charge in [-0.2, -0.15) is 0 Å². The highest BCUT2D eigenvalue weighted by molar-refractivity contribution is 5.67. The van der Waals surface area contributed by atoms with E-state index in [2.05, 4.69) is 41.3 Å². The summed E-state index contributed by atoms with van der Waals surface area (Å²) >= 11 is 0. The van der Waals surface area contributed by atoms with Gasteiger partial charge in [0.2, 0.25) is 0 Å². The summed E-state index contributed by atoms with van der Waals surface area (Å²) in [6, 6.07) is 16.4. The molecule has 0 unspecified atom stereocenters. The second-order valence-corrected chi connectivity index (χ2v) is 8.17. The third-order valence-electron chi connectivity index (χ3n) is 5.89. The maximum Gasteiger partial charge on any atom is 0.303 e. The molecule has 156 valence electrons. The predicted molar refractivity (Wildman–Crippen MR) is 119 cm³/mol. The number of rotatable bonds is 9. The molecule has 0 bridgehead atoms. The van der Waals surface area contributed by atoms with Crippen LogP contribution in [0.4, 0.5) is 0 Å². The Hall–Kier alpha value is -2.85. The molecule has 2 aromatic rings. The molecular formula is C26H29NO3. The van der Waals surface area contributed by atoms with Crippen LogP contribution >= 0.6 is 0 Å². The van der Waals surface area contributed by atoms with Crippen molar-refractivity contribution in [2.45, 2.75) is 38.7 Å². The Morgan fingerprint density at radius 3 is 2.37 bits per heavy atom. The van der Waals surface area contributed by atoms with Crippen LogP contribution in [0.2, 0.25) is 0 Å². The molecule has 1 heterocycles. The van der Waals surface area contributed by atoms with Crippen LogP contribution in [-0.2, 0) is 24.2 Å². The van der Waals surface area contributed by atoms with Crippen LogP contribution in [-0.4, -0.2) is 35.6 Å². The minimum atomic E-state index is -0.771. The van der Waals surface area contributed by atoms with Crippen molar-refractivity contribution < 1.29 is 14.6 Å². The highest BCUT2D eigenvalue weighted by Gasteiger charge is 2.21. The number of hydrogen-bond donors (Lipinski definition) is 1. The first kappa shape index (κ1) is 20.4. The van der Waals surface area contributed by atoms with E-state index in [-0.39, 0.29) is 6.42 Å². The molecular weight excluding hydrogens is 374 g/mol. The molecule has 0 saturated carbocycles. The van der Waals surface area contributed by atoms with Gasteiger partial charge in [-0.1, -0.05) is 54.1 Å². The van der Waals surface area contributed by atoms with Gasteiger partial charge < -0.3 is 9.84 Å². The fourth-order valence-electron chi connectivity index (χ4n) is 4.09. The Bertz CT molecular complexity index is 926. The van der Waals surface area contributed by atoms with Crippen LogP contribution in [0.3, 0.4) is 0 Å². The van der Waals surface area contributed by atoms with Gasteiger partial charge in [-0.3, -0.25) is 9.69 Å². The van der Waals surface area contributed by atoms with Gasteiger partial charge in [-0.15, -0.1) is 0 Å². The molecule has 30 heavy (non-hydrogen) atoms. The number of allylic oxidation sites excluding steroid dienone is 1. The fraction of sp³-hybridized carbons (Fsp3) is 0.346. The molecule has 1 aliphatic heterocycles. The predicted octanol–water partition coefficient (Wildman–Crippen LogP) is 4.79. The van der Waals surface area contributed by atoms with Crippen molar-refractivity contribution in [3.8, 4) is 5.75 Å². The molecule has 4 heteroatoms. The summed E-state index contributed by atoms with van der Waals surface area (Å²) in [5.74, 6) is 0.0323. The number of benzene rings is 2. The lowest BCUT2D eigenvalue weighted by Gasteiger charge is -2.16. The van der Waals surface area contributed by atoms with E-state index in [0.29, 0.717) is 13.0 Å². The first-order valence-corrected chi connectivity index (χ1v) is 10.8. The van der Waals surface area contributed by atoms with E-state index in [0.717, 1.165) is 42.9 Å². The Balaban J connectivity index is 1.20. The van der Waals surface area contributed by atoms with Gasteiger partial charge in [0, 0.05) is 26.1 Å². The van der Waals surface area contributed by atoms with Crippen molar-refractivity contribution in [3.05, 3.63) is 88.5 Å². The molecule has 4 rings (SSSR count). The van der Waals surface area contributed by atoms with Crippen molar-refractivity contribution in [1.82, 2.24) is 4.90 Å². The van der Waals surface area contributed by atoms with E-state index in [1.165, 1.54) is 18.4 Å². The number of aliphatic carboxylic acids is 1. The molecule has 1 aliphatic carbocycles. The lowest BCUT2D eigenvalue weighted by Crippen LogP contribution is -2.24. The van der Waals surface area contributed by atoms with Crippen LogP contribution in [0.1, 0.15) is 36.0 Å². The van der Waals surface area contributed by atoms with Crippen molar-refractivity contribution in [3.63, 3.8) is 0 Å². The number of carboxylic acids is 1. The molecule has 0 spiro atoms. The molecule has 2 aromatic carbocycles. The molecule has 1 N–H and O–H groups in total. The highest BCUT2D eigenvalue weighted by Crippen LogP contribution is 2.26. The third-order valence-corrected chi connectivity index (χ3v) is 5.89. The number of ether oxygens (including phenoxy) is 1. The largest absolute Gasteiger partial charge is 0.489 e. The van der Waals surface area contributed by atoms with E-state index in [4.69, 9.17) is 9.84 Å². The van der Waals surface area contributed by atoms with Gasteiger partial charge in [-0.25, -0.2) is 0 Å². The van der Waals surface area contributed by atoms with Gasteiger partial charge in [0.15, 0.2) is 0 Å². The van der Waals surface area contributed by atoms with Gasteiger partial charge >= 0.3 is 5.97 Å². The van der Waals surface area contributed by atoms with E-state index >= 15 is 0 Å². The minimum absolute atomic E-state index is 0.153. The maximum absolute atomic E-state index is 10.7. The molecule has 0 radical (unpaired) electrons. The lowest BCUT2D eigenvalue weighted by atomic mass is 10.0. The second kappa shape index (κ2) is 9.77. The molecule has 0 saturated heterocycles. The van der Waals surface area contributed by atoms with Crippen LogP contribution in [0.25, 0.3) is 0 Å². The topological polar surface area (TPSA) is 49.8 Å². The third kappa shape index (κ3) is 5.61. The summed E-state index contributed by atoms with van der Waals surface area (Å²) in [5, 5.41) is 8.76. The summed E-state index contributed by atoms with van der Waals surface area (Å²) in [7, 11) is 0. The molecule has 0 amide bonds. The van der Waals surface area contributed by atoms with E-state index in [9.17, 15) is 4.79 Å². The molecule has 0 fully saturated rings. The van der Waals surface area contributed by atoms with Crippen molar-refractivity contribution in [1.29, 1.82) is 0 Å². The lowest BCUT2D eigenvalue weighted by molar-refractivity contribution is -0.136. The van der Waals surface area contributed by atoms with Crippen LogP contribution in [0.5, 0.6) is 5.75 Å². The summed E-state index contributed by atoms with van der Waals surface area (Å²) in [5.41, 5.74) is 6.71. The van der Waals surface area contributed by atoms with Gasteiger partial charge in [0.05, 0.1) is 0 Å². The maximum atomic E-state index is 10.7. The summed E-state index contributed by atoms with van der Waals surface area (Å²) in [6.07, 6.45) is 8.83. The zero-order chi connectivity index (χ0) is 20.8. The van der Waals surface area contributed by atoms with E-state index in [1.54, 1.807) is 11.1 Å². The van der Waals surface area contributed by atoms with Crippen molar-refractivity contribution >= 4 is 5.97 Å². The molecule has 0 atom stereocenters. The van der Waals surface area contributed by atoms with Crippen LogP contribution in [0, 0.1) is 0 Å². The average molecular weight is 404 g/mol. The van der Waals surface area contributed by atoms with Gasteiger partial charge in [0.1, 0.15) is 12.4 Å². The Kier molecular flexibility index (Phi) is 6.65. The highest BCUT2D eigenvalue weighted by atomic mass is 16.5. The molecule has 0 aromatic heterocycles. The smallest absolute Gasteiger partial charge is 0.303 e. The number of carbonyl (C=O) groups is 1. The first-order chi connectivity index (χ1) is 14.7. The number of nitrogens with zero attached hydrogens (tertiary/aromatic N) is 1. The zero-order valence-corrected chi connectivity index (χ0v) is 17.3. The first-order valence-electron chi connectivity index (χ1n) is 10.8. The zero-order valence-electron chi connectivity index (χ0n) is 17.3. The van der Waals surface area contributed by atoms with Gasteiger partial charge in [0.25, 0.3) is 0 Å². The Labute approximate surface area is 178 Å². The summed E-state index contributed by atoms with van der Waals surface area (Å²) < 4.78 is 5.87. The molecule has 2 aliphatic rings. The average Bonchev–Trinajstić information content (AvgIpc) is 3.19.